The number of aliphatic hydroxyl groups excluding tert-OH is 2. The first-order valence-electron chi connectivity index (χ1n) is 8.58. The molecule has 0 aliphatic carbocycles. The number of rotatable bonds is 7. The molecule has 1 unspecified atom stereocenters. The third-order valence-electron chi connectivity index (χ3n) is 4.34. The van der Waals surface area contributed by atoms with Gasteiger partial charge in [-0.3, -0.25) is 19.0 Å². The number of aliphatic hydroxyl groups is 2. The number of amides is 1. The second kappa shape index (κ2) is 8.28. The van der Waals surface area contributed by atoms with Gasteiger partial charge >= 0.3 is 7.75 Å². The number of aromatic nitrogens is 4. The summed E-state index contributed by atoms with van der Waals surface area (Å²) < 4.78 is 24.0. The smallest absolute Gasteiger partial charge is 0.391 e. The van der Waals surface area contributed by atoms with E-state index in [9.17, 15) is 24.5 Å². The van der Waals surface area contributed by atoms with E-state index in [1.807, 2.05) is 0 Å². The Kier molecular flexibility index (Phi) is 6.14. The highest BCUT2D eigenvalue weighted by Crippen LogP contribution is 2.39. The van der Waals surface area contributed by atoms with E-state index in [2.05, 4.69) is 15.0 Å². The molecule has 0 bridgehead atoms. The van der Waals surface area contributed by atoms with E-state index in [0.29, 0.717) is 11.2 Å². The van der Waals surface area contributed by atoms with Crippen LogP contribution in [0.15, 0.2) is 12.7 Å². The summed E-state index contributed by atoms with van der Waals surface area (Å²) in [6, 6.07) is -1.39. The van der Waals surface area contributed by atoms with Gasteiger partial charge in [-0.1, -0.05) is 0 Å². The molecular weight excluding hydrogens is 409 g/mol. The van der Waals surface area contributed by atoms with Crippen LogP contribution in [0.25, 0.3) is 11.2 Å². The average Bonchev–Trinajstić information content (AvgIpc) is 3.23. The molecule has 8 N–H and O–H groups in total. The summed E-state index contributed by atoms with van der Waals surface area (Å²) in [6.45, 7) is 0.870. The fraction of sp³-hybridized carbons (Fsp3) is 0.571. The number of nitrogen functional groups attached to an aromatic ring is 1. The molecule has 0 saturated carbocycles. The van der Waals surface area contributed by atoms with Crippen LogP contribution in [-0.4, -0.2) is 71.5 Å². The molecule has 160 valence electrons. The molecule has 29 heavy (non-hydrogen) atoms. The van der Waals surface area contributed by atoms with Crippen LogP contribution in [-0.2, 0) is 18.6 Å². The lowest BCUT2D eigenvalue weighted by atomic mass is 10.2. The van der Waals surface area contributed by atoms with Gasteiger partial charge in [0.05, 0.1) is 25.1 Å². The fourth-order valence-electron chi connectivity index (χ4n) is 2.79. The minimum Gasteiger partial charge on any atom is -0.391 e. The molecule has 2 aromatic rings. The van der Waals surface area contributed by atoms with Crippen molar-refractivity contribution in [1.82, 2.24) is 24.6 Å². The molecule has 14 nitrogen and oxygen atoms in total. The number of anilines is 1. The van der Waals surface area contributed by atoms with E-state index in [-0.39, 0.29) is 12.2 Å². The molecule has 1 amide bonds. The first kappa shape index (κ1) is 21.5. The van der Waals surface area contributed by atoms with Gasteiger partial charge < -0.3 is 31.3 Å². The van der Waals surface area contributed by atoms with Gasteiger partial charge in [0.15, 0.2) is 17.7 Å². The van der Waals surface area contributed by atoms with Crippen molar-refractivity contribution < 1.29 is 33.7 Å². The number of nitrogens with two attached hydrogens (primary N) is 2. The zero-order chi connectivity index (χ0) is 21.3. The van der Waals surface area contributed by atoms with Crippen LogP contribution in [0.5, 0.6) is 0 Å². The first-order valence-corrected chi connectivity index (χ1v) is 10.2. The van der Waals surface area contributed by atoms with Gasteiger partial charge in [0, 0.05) is 6.42 Å². The second-order valence-electron chi connectivity index (χ2n) is 6.59. The molecule has 0 spiro atoms. The highest BCUT2D eigenvalue weighted by molar-refractivity contribution is 7.51. The Hall–Kier alpha value is -2.19. The standard InChI is InChI=1S/C14H22N7O7P/c1-6(22)9(15)13(24)20-29(25,26)27-3-7-2-8(23)14(28-7)21-5-19-10-11(16)17-4-18-12(10)21/h4-9,14,22-23H,2-3,15H2,1H3,(H2,16,17,18)(H2,20,24,25,26)/t6-,7-,8-,9-,14+/m0/s1. The van der Waals surface area contributed by atoms with E-state index >= 15 is 0 Å². The zero-order valence-corrected chi connectivity index (χ0v) is 16.2. The van der Waals surface area contributed by atoms with Crippen LogP contribution >= 0.6 is 7.75 Å². The molecular formula is C14H22N7O7P. The van der Waals surface area contributed by atoms with Crippen molar-refractivity contribution in [2.24, 2.45) is 5.73 Å². The van der Waals surface area contributed by atoms with Gasteiger partial charge in [0.1, 0.15) is 24.0 Å². The van der Waals surface area contributed by atoms with E-state index in [1.54, 1.807) is 5.09 Å². The highest BCUT2D eigenvalue weighted by Gasteiger charge is 2.38. The number of ether oxygens (including phenoxy) is 1. The predicted molar refractivity (Wildman–Crippen MR) is 97.8 cm³/mol. The maximum absolute atomic E-state index is 12.0. The second-order valence-corrected chi connectivity index (χ2v) is 8.12. The summed E-state index contributed by atoms with van der Waals surface area (Å²) in [4.78, 5) is 33.5. The Morgan fingerprint density at radius 3 is 2.93 bits per heavy atom. The number of hydrogen-bond acceptors (Lipinski definition) is 11. The Labute approximate surface area is 164 Å². The molecule has 3 heterocycles. The fourth-order valence-corrected chi connectivity index (χ4v) is 3.65. The first-order chi connectivity index (χ1) is 13.6. The van der Waals surface area contributed by atoms with Crippen molar-refractivity contribution >= 4 is 30.6 Å². The lowest BCUT2D eigenvalue weighted by Gasteiger charge is -2.20. The molecule has 2 aromatic heterocycles. The van der Waals surface area contributed by atoms with Gasteiger partial charge in [-0.15, -0.1) is 0 Å². The number of nitrogens with one attached hydrogen (secondary N) is 1. The summed E-state index contributed by atoms with van der Waals surface area (Å²) in [5, 5.41) is 21.3. The molecule has 1 aliphatic rings. The molecule has 3 rings (SSSR count). The van der Waals surface area contributed by atoms with Crippen LogP contribution in [0.3, 0.4) is 0 Å². The lowest BCUT2D eigenvalue weighted by molar-refractivity contribution is -0.123. The van der Waals surface area contributed by atoms with Crippen LogP contribution in [0.2, 0.25) is 0 Å². The molecule has 0 aromatic carbocycles. The van der Waals surface area contributed by atoms with Gasteiger partial charge in [0.25, 0.3) is 0 Å². The Bertz CT molecular complexity index is 938. The minimum absolute atomic E-state index is 0.0893. The number of imidazole rings is 1. The van der Waals surface area contributed by atoms with Crippen molar-refractivity contribution in [3.63, 3.8) is 0 Å². The van der Waals surface area contributed by atoms with Crippen molar-refractivity contribution in [1.29, 1.82) is 0 Å². The number of nitrogens with zero attached hydrogens (tertiary/aromatic N) is 4. The third-order valence-corrected chi connectivity index (χ3v) is 5.34. The summed E-state index contributed by atoms with van der Waals surface area (Å²) in [7, 11) is -4.55. The molecule has 1 fully saturated rings. The molecule has 1 saturated heterocycles. The van der Waals surface area contributed by atoms with Crippen molar-refractivity contribution in [2.75, 3.05) is 12.3 Å². The topological polar surface area (TPSA) is 221 Å². The molecule has 6 atom stereocenters. The van der Waals surface area contributed by atoms with Gasteiger partial charge in [-0.2, -0.15) is 0 Å². The monoisotopic (exact) mass is 431 g/mol. The predicted octanol–water partition coefficient (Wildman–Crippen LogP) is -2.00. The third kappa shape index (κ3) is 4.70. The van der Waals surface area contributed by atoms with E-state index < -0.39 is 50.8 Å². The van der Waals surface area contributed by atoms with E-state index in [1.165, 1.54) is 24.1 Å². The minimum atomic E-state index is -4.55. The number of hydrogen-bond donors (Lipinski definition) is 6. The zero-order valence-electron chi connectivity index (χ0n) is 15.3. The van der Waals surface area contributed by atoms with Crippen LogP contribution in [0.1, 0.15) is 19.6 Å². The average molecular weight is 431 g/mol. The molecule has 0 radical (unpaired) electrons. The van der Waals surface area contributed by atoms with Crippen LogP contribution < -0.4 is 16.6 Å². The normalized spacial score (nSPS) is 26.2. The van der Waals surface area contributed by atoms with Crippen molar-refractivity contribution in [3.8, 4) is 0 Å². The molecule has 15 heteroatoms. The molecule has 1 aliphatic heterocycles. The number of fused-ring (bicyclic) bond motifs is 1. The summed E-state index contributed by atoms with van der Waals surface area (Å²) in [5.41, 5.74) is 11.8. The highest BCUT2D eigenvalue weighted by atomic mass is 31.2. The Morgan fingerprint density at radius 2 is 2.24 bits per heavy atom. The van der Waals surface area contributed by atoms with Crippen LogP contribution in [0, 0.1) is 0 Å². The quantitative estimate of drug-likeness (QED) is 0.262. The number of carbonyl (C=O) groups excluding carboxylic acids is 1. The summed E-state index contributed by atoms with van der Waals surface area (Å²) in [5.74, 6) is -0.869. The van der Waals surface area contributed by atoms with Crippen molar-refractivity contribution in [3.05, 3.63) is 12.7 Å². The van der Waals surface area contributed by atoms with E-state index in [4.69, 9.17) is 20.7 Å². The maximum atomic E-state index is 12.0. The summed E-state index contributed by atoms with van der Waals surface area (Å²) >= 11 is 0. The largest absolute Gasteiger partial charge is 0.432 e. The summed E-state index contributed by atoms with van der Waals surface area (Å²) in [6.07, 6.45) is -1.09. The maximum Gasteiger partial charge on any atom is 0.432 e. The Morgan fingerprint density at radius 1 is 1.52 bits per heavy atom. The van der Waals surface area contributed by atoms with Crippen molar-refractivity contribution in [2.45, 2.75) is 43.9 Å². The number of carbonyl (C=O) groups is 1. The van der Waals surface area contributed by atoms with Gasteiger partial charge in [-0.25, -0.2) is 19.5 Å². The Balaban J connectivity index is 1.62. The van der Waals surface area contributed by atoms with E-state index in [0.717, 1.165) is 0 Å². The van der Waals surface area contributed by atoms with Crippen LogP contribution in [0.4, 0.5) is 5.82 Å². The van der Waals surface area contributed by atoms with Gasteiger partial charge in [-0.05, 0) is 6.92 Å². The van der Waals surface area contributed by atoms with Gasteiger partial charge in [0.2, 0.25) is 5.91 Å². The SMILES string of the molecule is C[C@H](O)[C@H](N)C(=O)NP(=O)(O)OC[C@@H]1C[C@H](O)[C@H](n2cnc3c(N)ncnc32)O1. The lowest BCUT2D eigenvalue weighted by Crippen LogP contribution is -2.46.